The van der Waals surface area contributed by atoms with Crippen molar-refractivity contribution in [1.82, 2.24) is 19.8 Å². The summed E-state index contributed by atoms with van der Waals surface area (Å²) in [5.74, 6) is 0.903. The van der Waals surface area contributed by atoms with Crippen molar-refractivity contribution >= 4 is 5.91 Å². The van der Waals surface area contributed by atoms with Gasteiger partial charge in [0.25, 0.3) is 0 Å². The molecule has 2 aliphatic rings. The van der Waals surface area contributed by atoms with Gasteiger partial charge in [0.15, 0.2) is 0 Å². The number of carbonyl (C=O) groups excluding carboxylic acids is 1. The summed E-state index contributed by atoms with van der Waals surface area (Å²) in [6.45, 7) is 5.97. The van der Waals surface area contributed by atoms with Gasteiger partial charge in [0, 0.05) is 63.8 Å². The molecule has 2 aromatic rings. The number of amides is 1. The normalized spacial score (nSPS) is 18.4. The van der Waals surface area contributed by atoms with Crippen LogP contribution in [0.25, 0.3) is 11.3 Å². The van der Waals surface area contributed by atoms with Gasteiger partial charge in [0.2, 0.25) is 5.91 Å². The highest BCUT2D eigenvalue weighted by molar-refractivity contribution is 5.73. The zero-order chi connectivity index (χ0) is 17.2. The van der Waals surface area contributed by atoms with Gasteiger partial charge in [-0.2, -0.15) is 0 Å². The van der Waals surface area contributed by atoms with Crippen molar-refractivity contribution in [2.45, 2.75) is 32.2 Å². The van der Waals surface area contributed by atoms with Crippen LogP contribution in [0.15, 0.2) is 36.8 Å². The van der Waals surface area contributed by atoms with Crippen molar-refractivity contribution in [3.63, 3.8) is 0 Å². The average molecular weight is 336 g/mol. The van der Waals surface area contributed by atoms with Gasteiger partial charge in [-0.25, -0.2) is 0 Å². The maximum Gasteiger partial charge on any atom is 0.219 e. The van der Waals surface area contributed by atoms with Gasteiger partial charge in [0.05, 0.1) is 5.69 Å². The summed E-state index contributed by atoms with van der Waals surface area (Å²) in [6.07, 6.45) is 8.35. The number of aromatic nitrogens is 2. The molecule has 1 aliphatic carbocycles. The molecule has 4 rings (SSSR count). The van der Waals surface area contributed by atoms with Crippen molar-refractivity contribution in [2.75, 3.05) is 26.2 Å². The minimum Gasteiger partial charge on any atom is -0.340 e. The van der Waals surface area contributed by atoms with Crippen molar-refractivity contribution in [3.05, 3.63) is 47.9 Å². The van der Waals surface area contributed by atoms with E-state index in [0.29, 0.717) is 0 Å². The lowest BCUT2D eigenvalue weighted by atomic mass is 10.1. The summed E-state index contributed by atoms with van der Waals surface area (Å²) in [5, 5.41) is 0. The standard InChI is InChI=1S/C20H24N4O/c1-15(25)24-8-6-23(7-9-24)14-16-10-19(13-21-12-16)20-11-18(4-5-22-20)17-2-3-17/h4-5,10-13,17H,2-3,6-9,14H2,1H3. The predicted molar refractivity (Wildman–Crippen MR) is 97.0 cm³/mol. The van der Waals surface area contributed by atoms with Crippen LogP contribution in [0.3, 0.4) is 0 Å². The predicted octanol–water partition coefficient (Wildman–Crippen LogP) is 2.69. The van der Waals surface area contributed by atoms with Gasteiger partial charge in [-0.05, 0) is 48.1 Å². The maximum absolute atomic E-state index is 11.4. The molecule has 5 nitrogen and oxygen atoms in total. The summed E-state index contributed by atoms with van der Waals surface area (Å²) in [6, 6.07) is 6.54. The summed E-state index contributed by atoms with van der Waals surface area (Å²) in [4.78, 5) is 24.7. The lowest BCUT2D eigenvalue weighted by Crippen LogP contribution is -2.47. The Morgan fingerprint density at radius 2 is 1.96 bits per heavy atom. The monoisotopic (exact) mass is 336 g/mol. The number of hydrogen-bond acceptors (Lipinski definition) is 4. The van der Waals surface area contributed by atoms with Crippen LogP contribution >= 0.6 is 0 Å². The van der Waals surface area contributed by atoms with Crippen LogP contribution in [-0.4, -0.2) is 51.9 Å². The van der Waals surface area contributed by atoms with E-state index in [1.165, 1.54) is 24.0 Å². The second-order valence-electron chi connectivity index (χ2n) is 7.11. The van der Waals surface area contributed by atoms with E-state index in [-0.39, 0.29) is 5.91 Å². The van der Waals surface area contributed by atoms with Gasteiger partial charge < -0.3 is 4.90 Å². The molecule has 0 aromatic carbocycles. The summed E-state index contributed by atoms with van der Waals surface area (Å²) in [5.41, 5.74) is 4.70. The molecule has 25 heavy (non-hydrogen) atoms. The number of carbonyl (C=O) groups is 1. The number of nitrogens with zero attached hydrogens (tertiary/aromatic N) is 4. The summed E-state index contributed by atoms with van der Waals surface area (Å²) < 4.78 is 0. The molecule has 2 aromatic heterocycles. The Balaban J connectivity index is 1.45. The van der Waals surface area contributed by atoms with E-state index in [1.54, 1.807) is 6.92 Å². The van der Waals surface area contributed by atoms with Crippen LogP contribution in [-0.2, 0) is 11.3 Å². The Morgan fingerprint density at radius 3 is 2.68 bits per heavy atom. The van der Waals surface area contributed by atoms with Crippen LogP contribution in [0.5, 0.6) is 0 Å². The first-order chi connectivity index (χ1) is 12.2. The van der Waals surface area contributed by atoms with E-state index < -0.39 is 0 Å². The van der Waals surface area contributed by atoms with Crippen LogP contribution in [0, 0.1) is 0 Å². The van der Waals surface area contributed by atoms with Crippen LogP contribution < -0.4 is 0 Å². The molecule has 130 valence electrons. The van der Waals surface area contributed by atoms with E-state index in [2.05, 4.69) is 33.1 Å². The largest absolute Gasteiger partial charge is 0.340 e. The average Bonchev–Trinajstić information content (AvgIpc) is 3.48. The number of hydrogen-bond donors (Lipinski definition) is 0. The first-order valence-electron chi connectivity index (χ1n) is 9.07. The molecule has 3 heterocycles. The first kappa shape index (κ1) is 16.2. The minimum absolute atomic E-state index is 0.171. The maximum atomic E-state index is 11.4. The SMILES string of the molecule is CC(=O)N1CCN(Cc2cncc(-c3cc(C4CC4)ccn3)c2)CC1. The summed E-state index contributed by atoms with van der Waals surface area (Å²) in [7, 11) is 0. The Morgan fingerprint density at radius 1 is 1.16 bits per heavy atom. The van der Waals surface area contributed by atoms with Crippen molar-refractivity contribution < 1.29 is 4.79 Å². The van der Waals surface area contributed by atoms with Gasteiger partial charge in [-0.1, -0.05) is 0 Å². The quantitative estimate of drug-likeness (QED) is 0.861. The first-order valence-corrected chi connectivity index (χ1v) is 9.07. The molecular formula is C20H24N4O. The van der Waals surface area contributed by atoms with Crippen LogP contribution in [0.1, 0.15) is 36.8 Å². The molecule has 0 N–H and O–H groups in total. The third-order valence-corrected chi connectivity index (χ3v) is 5.15. The number of piperazine rings is 1. The van der Waals surface area contributed by atoms with Gasteiger partial charge >= 0.3 is 0 Å². The smallest absolute Gasteiger partial charge is 0.219 e. The third-order valence-electron chi connectivity index (χ3n) is 5.15. The van der Waals surface area contributed by atoms with E-state index in [4.69, 9.17) is 0 Å². The van der Waals surface area contributed by atoms with Crippen LogP contribution in [0.4, 0.5) is 0 Å². The second kappa shape index (κ2) is 6.92. The molecule has 0 bridgehead atoms. The van der Waals surface area contributed by atoms with Gasteiger partial charge in [0.1, 0.15) is 0 Å². The van der Waals surface area contributed by atoms with E-state index in [0.717, 1.165) is 49.9 Å². The van der Waals surface area contributed by atoms with E-state index in [1.807, 2.05) is 23.5 Å². The minimum atomic E-state index is 0.171. The second-order valence-corrected chi connectivity index (χ2v) is 7.11. The van der Waals surface area contributed by atoms with Gasteiger partial charge in [-0.15, -0.1) is 0 Å². The molecule has 0 atom stereocenters. The molecule has 5 heteroatoms. The fraction of sp³-hybridized carbons (Fsp3) is 0.450. The molecule has 0 unspecified atom stereocenters. The molecule has 1 aliphatic heterocycles. The van der Waals surface area contributed by atoms with Crippen molar-refractivity contribution in [1.29, 1.82) is 0 Å². The van der Waals surface area contributed by atoms with Crippen molar-refractivity contribution in [2.24, 2.45) is 0 Å². The highest BCUT2D eigenvalue weighted by Gasteiger charge is 2.24. The molecule has 1 saturated heterocycles. The Hall–Kier alpha value is -2.27. The zero-order valence-corrected chi connectivity index (χ0v) is 14.7. The van der Waals surface area contributed by atoms with Gasteiger partial charge in [-0.3, -0.25) is 19.7 Å². The lowest BCUT2D eigenvalue weighted by molar-refractivity contribution is -0.130. The molecule has 2 fully saturated rings. The fourth-order valence-electron chi connectivity index (χ4n) is 3.47. The highest BCUT2D eigenvalue weighted by Crippen LogP contribution is 2.40. The molecule has 1 amide bonds. The molecule has 0 radical (unpaired) electrons. The Kier molecular flexibility index (Phi) is 4.49. The van der Waals surface area contributed by atoms with E-state index in [9.17, 15) is 4.79 Å². The molecular weight excluding hydrogens is 312 g/mol. The topological polar surface area (TPSA) is 49.3 Å². The van der Waals surface area contributed by atoms with Crippen molar-refractivity contribution in [3.8, 4) is 11.3 Å². The Labute approximate surface area is 148 Å². The number of rotatable bonds is 4. The van der Waals surface area contributed by atoms with E-state index >= 15 is 0 Å². The summed E-state index contributed by atoms with van der Waals surface area (Å²) >= 11 is 0. The van der Waals surface area contributed by atoms with Crippen LogP contribution in [0.2, 0.25) is 0 Å². The zero-order valence-electron chi connectivity index (χ0n) is 14.7. The highest BCUT2D eigenvalue weighted by atomic mass is 16.2. The number of pyridine rings is 2. The lowest BCUT2D eigenvalue weighted by Gasteiger charge is -2.34. The Bertz CT molecular complexity index is 764. The molecule has 0 spiro atoms. The molecule has 1 saturated carbocycles. The third kappa shape index (κ3) is 3.87. The fourth-order valence-corrected chi connectivity index (χ4v) is 3.47.